The van der Waals surface area contributed by atoms with Crippen LogP contribution in [-0.2, 0) is 11.3 Å². The Morgan fingerprint density at radius 1 is 1.45 bits per heavy atom. The van der Waals surface area contributed by atoms with Gasteiger partial charge in [0.15, 0.2) is 0 Å². The minimum atomic E-state index is -0.0409. The number of hydrogen-bond donors (Lipinski definition) is 1. The van der Waals surface area contributed by atoms with Crippen LogP contribution in [-0.4, -0.2) is 23.8 Å². The van der Waals surface area contributed by atoms with Gasteiger partial charge in [-0.3, -0.25) is 0 Å². The first-order chi connectivity index (χ1) is 9.55. The first-order valence-corrected chi connectivity index (χ1v) is 8.00. The Labute approximate surface area is 123 Å². The van der Waals surface area contributed by atoms with E-state index in [1.807, 2.05) is 0 Å². The van der Waals surface area contributed by atoms with Gasteiger partial charge in [-0.05, 0) is 63.6 Å². The van der Waals surface area contributed by atoms with E-state index in [-0.39, 0.29) is 5.60 Å². The van der Waals surface area contributed by atoms with Crippen molar-refractivity contribution in [3.63, 3.8) is 0 Å². The second kappa shape index (κ2) is 6.77. The Morgan fingerprint density at radius 3 is 2.80 bits per heavy atom. The fraction of sp³-hybridized carbons (Fsp3) is 0.765. The molecule has 0 radical (unpaired) electrons. The van der Waals surface area contributed by atoms with E-state index in [2.05, 4.69) is 49.1 Å². The lowest BCUT2D eigenvalue weighted by atomic mass is 10.1. The van der Waals surface area contributed by atoms with Crippen LogP contribution >= 0.6 is 0 Å². The lowest BCUT2D eigenvalue weighted by Crippen LogP contribution is -2.24. The number of ether oxygens (including phenoxy) is 1. The van der Waals surface area contributed by atoms with Gasteiger partial charge in [0.1, 0.15) is 0 Å². The number of aryl methyl sites for hydroxylation is 1. The van der Waals surface area contributed by atoms with Gasteiger partial charge in [-0.15, -0.1) is 0 Å². The van der Waals surface area contributed by atoms with Crippen molar-refractivity contribution in [3.8, 4) is 0 Å². The van der Waals surface area contributed by atoms with Crippen LogP contribution in [0.3, 0.4) is 0 Å². The first kappa shape index (κ1) is 15.6. The van der Waals surface area contributed by atoms with Gasteiger partial charge in [-0.25, -0.2) is 0 Å². The van der Waals surface area contributed by atoms with Crippen LogP contribution in [0.15, 0.2) is 18.5 Å². The number of nitrogens with one attached hydrogen (secondary N) is 1. The van der Waals surface area contributed by atoms with E-state index in [0.29, 0.717) is 6.04 Å². The molecule has 0 bridgehead atoms. The number of rotatable bonds is 9. The smallest absolute Gasteiger partial charge is 0.0639 e. The monoisotopic (exact) mass is 278 g/mol. The molecule has 1 aromatic rings. The van der Waals surface area contributed by atoms with Crippen LogP contribution < -0.4 is 5.32 Å². The molecule has 0 aliphatic heterocycles. The molecule has 2 rings (SSSR count). The number of hydrogen-bond acceptors (Lipinski definition) is 2. The van der Waals surface area contributed by atoms with E-state index in [9.17, 15) is 0 Å². The molecule has 1 N–H and O–H groups in total. The van der Waals surface area contributed by atoms with Gasteiger partial charge >= 0.3 is 0 Å². The van der Waals surface area contributed by atoms with Crippen molar-refractivity contribution in [1.82, 2.24) is 9.88 Å². The summed E-state index contributed by atoms with van der Waals surface area (Å²) in [5.74, 6) is 0.854. The van der Waals surface area contributed by atoms with Gasteiger partial charge in [0.05, 0.1) is 5.60 Å². The molecule has 1 aliphatic rings. The van der Waals surface area contributed by atoms with E-state index >= 15 is 0 Å². The van der Waals surface area contributed by atoms with Gasteiger partial charge in [-0.1, -0.05) is 6.92 Å². The van der Waals surface area contributed by atoms with E-state index in [1.165, 1.54) is 24.8 Å². The summed E-state index contributed by atoms with van der Waals surface area (Å²) in [7, 11) is 1.79. The highest BCUT2D eigenvalue weighted by molar-refractivity contribution is 5.18. The SMILES string of the molecule is CCCNC(c1ccn(CCC(C)(C)OC)c1)C1CC1. The molecule has 1 aliphatic carbocycles. The minimum Gasteiger partial charge on any atom is -0.379 e. The van der Waals surface area contributed by atoms with E-state index in [1.54, 1.807) is 7.11 Å². The predicted octanol–water partition coefficient (Wildman–Crippen LogP) is 3.75. The molecule has 3 nitrogen and oxygen atoms in total. The van der Waals surface area contributed by atoms with Crippen molar-refractivity contribution in [2.24, 2.45) is 5.92 Å². The third-order valence-corrected chi connectivity index (χ3v) is 4.36. The third kappa shape index (κ3) is 4.35. The van der Waals surface area contributed by atoms with Gasteiger partial charge < -0.3 is 14.6 Å². The average Bonchev–Trinajstić information content (AvgIpc) is 3.16. The van der Waals surface area contributed by atoms with Crippen LogP contribution in [0.4, 0.5) is 0 Å². The molecular weight excluding hydrogens is 248 g/mol. The Kier molecular flexibility index (Phi) is 5.28. The van der Waals surface area contributed by atoms with Crippen LogP contribution in [0.1, 0.15) is 58.1 Å². The molecule has 114 valence electrons. The van der Waals surface area contributed by atoms with E-state index < -0.39 is 0 Å². The molecule has 0 saturated heterocycles. The standard InChI is InChI=1S/C17H30N2O/c1-5-10-18-16(14-6-7-14)15-8-11-19(13-15)12-9-17(2,3)20-4/h8,11,13-14,16,18H,5-7,9-10,12H2,1-4H3. The van der Waals surface area contributed by atoms with Gasteiger partial charge in [0.25, 0.3) is 0 Å². The highest BCUT2D eigenvalue weighted by Gasteiger charge is 2.32. The maximum Gasteiger partial charge on any atom is 0.0639 e. The highest BCUT2D eigenvalue weighted by Crippen LogP contribution is 2.41. The van der Waals surface area contributed by atoms with Crippen molar-refractivity contribution in [2.75, 3.05) is 13.7 Å². The van der Waals surface area contributed by atoms with Crippen LogP contribution in [0, 0.1) is 5.92 Å². The van der Waals surface area contributed by atoms with Crippen molar-refractivity contribution >= 4 is 0 Å². The molecule has 0 amide bonds. The zero-order valence-corrected chi connectivity index (χ0v) is 13.5. The van der Waals surface area contributed by atoms with Crippen LogP contribution in [0.5, 0.6) is 0 Å². The van der Waals surface area contributed by atoms with Crippen molar-refractivity contribution in [2.45, 2.75) is 64.6 Å². The number of nitrogens with zero attached hydrogens (tertiary/aromatic N) is 1. The Hall–Kier alpha value is -0.800. The van der Waals surface area contributed by atoms with E-state index in [0.717, 1.165) is 25.4 Å². The van der Waals surface area contributed by atoms with Gasteiger partial charge in [-0.2, -0.15) is 0 Å². The molecule has 1 aromatic heterocycles. The number of methoxy groups -OCH3 is 1. The molecule has 1 atom stereocenters. The zero-order valence-electron chi connectivity index (χ0n) is 13.5. The first-order valence-electron chi connectivity index (χ1n) is 8.00. The fourth-order valence-corrected chi connectivity index (χ4v) is 2.57. The molecular formula is C17H30N2O. The van der Waals surface area contributed by atoms with Crippen molar-refractivity contribution in [3.05, 3.63) is 24.0 Å². The summed E-state index contributed by atoms with van der Waals surface area (Å²) in [5, 5.41) is 3.71. The lowest BCUT2D eigenvalue weighted by Gasteiger charge is -2.23. The van der Waals surface area contributed by atoms with Gasteiger partial charge in [0.2, 0.25) is 0 Å². The van der Waals surface area contributed by atoms with Gasteiger partial charge in [0, 0.05) is 32.1 Å². The largest absolute Gasteiger partial charge is 0.379 e. The quantitative estimate of drug-likeness (QED) is 0.744. The normalized spacial score (nSPS) is 17.4. The van der Waals surface area contributed by atoms with Crippen LogP contribution in [0.2, 0.25) is 0 Å². The molecule has 1 fully saturated rings. The molecule has 0 aromatic carbocycles. The van der Waals surface area contributed by atoms with Crippen LogP contribution in [0.25, 0.3) is 0 Å². The summed E-state index contributed by atoms with van der Waals surface area (Å²) >= 11 is 0. The molecule has 20 heavy (non-hydrogen) atoms. The maximum atomic E-state index is 5.49. The van der Waals surface area contributed by atoms with Crippen molar-refractivity contribution < 1.29 is 4.74 Å². The summed E-state index contributed by atoms with van der Waals surface area (Å²) in [6.07, 6.45) is 9.52. The summed E-state index contributed by atoms with van der Waals surface area (Å²) in [4.78, 5) is 0. The Balaban J connectivity index is 1.93. The number of aromatic nitrogens is 1. The van der Waals surface area contributed by atoms with E-state index in [4.69, 9.17) is 4.74 Å². The molecule has 1 unspecified atom stereocenters. The lowest BCUT2D eigenvalue weighted by molar-refractivity contribution is 0.0120. The minimum absolute atomic E-state index is 0.0409. The fourth-order valence-electron chi connectivity index (χ4n) is 2.57. The summed E-state index contributed by atoms with van der Waals surface area (Å²) in [6.45, 7) is 8.66. The van der Waals surface area contributed by atoms with Crippen molar-refractivity contribution in [1.29, 1.82) is 0 Å². The molecule has 3 heteroatoms. The summed E-state index contributed by atoms with van der Waals surface area (Å²) in [6, 6.07) is 2.84. The topological polar surface area (TPSA) is 26.2 Å². The maximum absolute atomic E-state index is 5.49. The zero-order chi connectivity index (χ0) is 14.6. The predicted molar refractivity (Wildman–Crippen MR) is 83.9 cm³/mol. The third-order valence-electron chi connectivity index (χ3n) is 4.36. The summed E-state index contributed by atoms with van der Waals surface area (Å²) in [5.41, 5.74) is 1.41. The molecule has 0 spiro atoms. The highest BCUT2D eigenvalue weighted by atomic mass is 16.5. The average molecular weight is 278 g/mol. The molecule has 1 heterocycles. The second-order valence-electron chi connectivity index (χ2n) is 6.67. The Bertz CT molecular complexity index is 407. The Morgan fingerprint density at radius 2 is 2.20 bits per heavy atom. The second-order valence-corrected chi connectivity index (χ2v) is 6.67. The molecule has 1 saturated carbocycles. The summed E-state index contributed by atoms with van der Waals surface area (Å²) < 4.78 is 7.79.